The number of pyridine rings is 1. The van der Waals surface area contributed by atoms with Gasteiger partial charge < -0.3 is 10.4 Å². The number of carbonyl (C=O) groups is 2. The molecule has 8 heteroatoms. The molecule has 0 spiro atoms. The Morgan fingerprint density at radius 1 is 1.42 bits per heavy atom. The molecule has 8 nitrogen and oxygen atoms in total. The first-order valence-corrected chi connectivity index (χ1v) is 5.48. The van der Waals surface area contributed by atoms with Crippen molar-refractivity contribution in [3.05, 3.63) is 42.0 Å². The van der Waals surface area contributed by atoms with E-state index in [0.717, 1.165) is 0 Å². The number of aromatic nitrogens is 4. The fourth-order valence-corrected chi connectivity index (χ4v) is 1.39. The van der Waals surface area contributed by atoms with Crippen molar-refractivity contribution in [2.45, 2.75) is 6.54 Å². The number of carbonyl (C=O) groups excluding carboxylic acids is 1. The summed E-state index contributed by atoms with van der Waals surface area (Å²) in [6, 6.07) is 3.33. The molecule has 0 aliphatic carbocycles. The lowest BCUT2D eigenvalue weighted by molar-refractivity contribution is 0.0690. The van der Waals surface area contributed by atoms with Crippen molar-refractivity contribution in [1.29, 1.82) is 0 Å². The van der Waals surface area contributed by atoms with Crippen molar-refractivity contribution in [1.82, 2.24) is 25.3 Å². The SMILES string of the molecule is O=C(NCCn1cc(C(=O)O)nn1)c1cccnc1. The van der Waals surface area contributed by atoms with Gasteiger partial charge in [-0.1, -0.05) is 5.21 Å². The second-order valence-electron chi connectivity index (χ2n) is 3.67. The molecule has 0 radical (unpaired) electrons. The van der Waals surface area contributed by atoms with E-state index in [2.05, 4.69) is 20.6 Å². The summed E-state index contributed by atoms with van der Waals surface area (Å²) >= 11 is 0. The van der Waals surface area contributed by atoms with Gasteiger partial charge >= 0.3 is 5.97 Å². The highest BCUT2D eigenvalue weighted by Crippen LogP contribution is 1.95. The predicted octanol–water partition coefficient (Wildman–Crippen LogP) is -0.199. The summed E-state index contributed by atoms with van der Waals surface area (Å²) in [5.41, 5.74) is 0.339. The Morgan fingerprint density at radius 2 is 2.26 bits per heavy atom. The van der Waals surface area contributed by atoms with Crippen LogP contribution in [0.4, 0.5) is 0 Å². The van der Waals surface area contributed by atoms with Crippen molar-refractivity contribution in [3.63, 3.8) is 0 Å². The molecule has 0 aliphatic rings. The van der Waals surface area contributed by atoms with E-state index in [1.807, 2.05) is 0 Å². The average molecular weight is 261 g/mol. The van der Waals surface area contributed by atoms with Crippen LogP contribution in [0.25, 0.3) is 0 Å². The summed E-state index contributed by atoms with van der Waals surface area (Å²) in [6.07, 6.45) is 4.35. The highest BCUT2D eigenvalue weighted by atomic mass is 16.4. The van der Waals surface area contributed by atoms with Crippen LogP contribution in [0.3, 0.4) is 0 Å². The fraction of sp³-hybridized carbons (Fsp3) is 0.182. The van der Waals surface area contributed by atoms with Gasteiger partial charge in [-0.2, -0.15) is 0 Å². The first-order chi connectivity index (χ1) is 9.16. The Morgan fingerprint density at radius 3 is 2.89 bits per heavy atom. The molecule has 0 unspecified atom stereocenters. The Labute approximate surface area is 108 Å². The quantitative estimate of drug-likeness (QED) is 0.771. The summed E-state index contributed by atoms with van der Waals surface area (Å²) in [6.45, 7) is 0.655. The normalized spacial score (nSPS) is 10.1. The van der Waals surface area contributed by atoms with E-state index in [1.165, 1.54) is 17.1 Å². The number of nitrogens with zero attached hydrogens (tertiary/aromatic N) is 4. The first kappa shape index (κ1) is 12.7. The Balaban J connectivity index is 1.83. The van der Waals surface area contributed by atoms with E-state index < -0.39 is 5.97 Å². The van der Waals surface area contributed by atoms with E-state index in [9.17, 15) is 9.59 Å². The zero-order chi connectivity index (χ0) is 13.7. The third-order valence-electron chi connectivity index (χ3n) is 2.31. The van der Waals surface area contributed by atoms with Gasteiger partial charge in [0.2, 0.25) is 0 Å². The van der Waals surface area contributed by atoms with Gasteiger partial charge in [0.15, 0.2) is 5.69 Å². The Kier molecular flexibility index (Phi) is 3.81. The van der Waals surface area contributed by atoms with Crippen LogP contribution in [-0.4, -0.2) is 43.5 Å². The number of hydrogen-bond donors (Lipinski definition) is 2. The van der Waals surface area contributed by atoms with E-state index in [1.54, 1.807) is 18.3 Å². The molecular formula is C11H11N5O3. The van der Waals surface area contributed by atoms with Gasteiger partial charge in [0.05, 0.1) is 18.3 Å². The zero-order valence-electron chi connectivity index (χ0n) is 9.85. The van der Waals surface area contributed by atoms with Crippen molar-refractivity contribution in [2.75, 3.05) is 6.54 Å². The van der Waals surface area contributed by atoms with Crippen molar-refractivity contribution >= 4 is 11.9 Å². The zero-order valence-corrected chi connectivity index (χ0v) is 9.85. The minimum absolute atomic E-state index is 0.126. The van der Waals surface area contributed by atoms with Gasteiger partial charge in [-0.15, -0.1) is 5.10 Å². The van der Waals surface area contributed by atoms with Crippen LogP contribution in [0.2, 0.25) is 0 Å². The minimum atomic E-state index is -1.13. The van der Waals surface area contributed by atoms with Gasteiger partial charge in [0.25, 0.3) is 5.91 Å². The fourth-order valence-electron chi connectivity index (χ4n) is 1.39. The molecule has 0 saturated heterocycles. The monoisotopic (exact) mass is 261 g/mol. The molecule has 19 heavy (non-hydrogen) atoms. The van der Waals surface area contributed by atoms with Crippen LogP contribution in [-0.2, 0) is 6.54 Å². The molecule has 0 aromatic carbocycles. The summed E-state index contributed by atoms with van der Waals surface area (Å²) in [5, 5.41) is 18.4. The molecule has 0 fully saturated rings. The second-order valence-corrected chi connectivity index (χ2v) is 3.67. The van der Waals surface area contributed by atoms with Crippen molar-refractivity contribution in [2.24, 2.45) is 0 Å². The van der Waals surface area contributed by atoms with Crippen LogP contribution in [0.5, 0.6) is 0 Å². The molecule has 0 atom stereocenters. The lowest BCUT2D eigenvalue weighted by Gasteiger charge is -2.04. The number of carboxylic acids is 1. The molecule has 2 N–H and O–H groups in total. The van der Waals surface area contributed by atoms with Gasteiger partial charge in [0, 0.05) is 18.9 Å². The van der Waals surface area contributed by atoms with Crippen LogP contribution in [0.1, 0.15) is 20.8 Å². The number of carboxylic acid groups (broad SMARTS) is 1. The van der Waals surface area contributed by atoms with E-state index in [0.29, 0.717) is 18.7 Å². The molecular weight excluding hydrogens is 250 g/mol. The van der Waals surface area contributed by atoms with Gasteiger partial charge in [-0.25, -0.2) is 9.48 Å². The number of aromatic carboxylic acids is 1. The lowest BCUT2D eigenvalue weighted by Crippen LogP contribution is -2.27. The molecule has 0 saturated carbocycles. The molecule has 98 valence electrons. The van der Waals surface area contributed by atoms with Crippen LogP contribution < -0.4 is 5.32 Å². The summed E-state index contributed by atoms with van der Waals surface area (Å²) in [7, 11) is 0. The average Bonchev–Trinajstić information content (AvgIpc) is 2.89. The maximum atomic E-state index is 11.7. The summed E-state index contributed by atoms with van der Waals surface area (Å²) < 4.78 is 1.35. The van der Waals surface area contributed by atoms with Crippen molar-refractivity contribution < 1.29 is 14.7 Å². The lowest BCUT2D eigenvalue weighted by atomic mass is 10.3. The maximum Gasteiger partial charge on any atom is 0.358 e. The molecule has 2 rings (SSSR count). The second kappa shape index (κ2) is 5.71. The highest BCUT2D eigenvalue weighted by Gasteiger charge is 2.08. The highest BCUT2D eigenvalue weighted by molar-refractivity contribution is 5.93. The first-order valence-electron chi connectivity index (χ1n) is 5.48. The van der Waals surface area contributed by atoms with Crippen LogP contribution >= 0.6 is 0 Å². The third-order valence-corrected chi connectivity index (χ3v) is 2.31. The Bertz CT molecular complexity index is 581. The van der Waals surface area contributed by atoms with Crippen LogP contribution in [0.15, 0.2) is 30.7 Å². The summed E-state index contributed by atoms with van der Waals surface area (Å²) in [5.74, 6) is -1.38. The van der Waals surface area contributed by atoms with E-state index in [-0.39, 0.29) is 11.6 Å². The molecule has 1 amide bonds. The topological polar surface area (TPSA) is 110 Å². The van der Waals surface area contributed by atoms with E-state index >= 15 is 0 Å². The van der Waals surface area contributed by atoms with Crippen molar-refractivity contribution in [3.8, 4) is 0 Å². The van der Waals surface area contributed by atoms with Gasteiger partial charge in [0.1, 0.15) is 0 Å². The van der Waals surface area contributed by atoms with Gasteiger partial charge in [-0.05, 0) is 12.1 Å². The largest absolute Gasteiger partial charge is 0.476 e. The maximum absolute atomic E-state index is 11.7. The smallest absolute Gasteiger partial charge is 0.358 e. The summed E-state index contributed by atoms with van der Waals surface area (Å²) in [4.78, 5) is 26.1. The van der Waals surface area contributed by atoms with Crippen LogP contribution in [0, 0.1) is 0 Å². The number of amides is 1. The molecule has 0 aliphatic heterocycles. The number of hydrogen-bond acceptors (Lipinski definition) is 5. The van der Waals surface area contributed by atoms with E-state index in [4.69, 9.17) is 5.11 Å². The molecule has 2 heterocycles. The standard InChI is InChI=1S/C11H11N5O3/c17-10(8-2-1-3-12-6-8)13-4-5-16-7-9(11(18)19)14-15-16/h1-3,6-7H,4-5H2,(H,13,17)(H,18,19). The minimum Gasteiger partial charge on any atom is -0.476 e. The van der Waals surface area contributed by atoms with Gasteiger partial charge in [-0.3, -0.25) is 9.78 Å². The number of nitrogens with one attached hydrogen (secondary N) is 1. The molecule has 0 bridgehead atoms. The molecule has 2 aromatic rings. The third kappa shape index (κ3) is 3.35. The predicted molar refractivity (Wildman–Crippen MR) is 63.6 cm³/mol. The number of rotatable bonds is 5. The Hall–Kier alpha value is -2.77. The molecule has 2 aromatic heterocycles.